The Morgan fingerprint density at radius 2 is 2.15 bits per heavy atom. The molecule has 12 heteroatoms. The van der Waals surface area contributed by atoms with Crippen molar-refractivity contribution in [2.45, 2.75) is 11.4 Å². The van der Waals surface area contributed by atoms with Crippen molar-refractivity contribution in [3.63, 3.8) is 0 Å². The molecule has 2 heterocycles. The van der Waals surface area contributed by atoms with E-state index < -0.39 is 21.9 Å². The highest BCUT2D eigenvalue weighted by atomic mass is 32.2. The highest BCUT2D eigenvalue weighted by molar-refractivity contribution is 7.89. The molecule has 1 aromatic heterocycles. The smallest absolute Gasteiger partial charge is 0.325 e. The SMILES string of the molecule is COC(=O)Cn1c(=NC(=O)C2=COCCO2)sc2cc(S(N)(=O)=O)ccc21. The summed E-state index contributed by atoms with van der Waals surface area (Å²) in [6.45, 7) is 0.339. The number of ether oxygens (including phenoxy) is 3. The van der Waals surface area contributed by atoms with Gasteiger partial charge in [-0.05, 0) is 18.2 Å². The lowest BCUT2D eigenvalue weighted by Gasteiger charge is -2.12. The summed E-state index contributed by atoms with van der Waals surface area (Å²) < 4.78 is 40.0. The van der Waals surface area contributed by atoms with E-state index in [2.05, 4.69) is 9.73 Å². The number of amides is 1. The molecule has 0 fully saturated rings. The van der Waals surface area contributed by atoms with Crippen molar-refractivity contribution in [3.8, 4) is 0 Å². The number of rotatable bonds is 4. The molecular formula is C15H15N3O7S2. The van der Waals surface area contributed by atoms with E-state index in [1.807, 2.05) is 0 Å². The van der Waals surface area contributed by atoms with Crippen molar-refractivity contribution < 1.29 is 32.2 Å². The lowest BCUT2D eigenvalue weighted by atomic mass is 10.3. The molecule has 2 N–H and O–H groups in total. The monoisotopic (exact) mass is 413 g/mol. The van der Waals surface area contributed by atoms with Gasteiger partial charge in [0.05, 0.1) is 22.2 Å². The maximum atomic E-state index is 12.3. The van der Waals surface area contributed by atoms with Gasteiger partial charge >= 0.3 is 11.9 Å². The highest BCUT2D eigenvalue weighted by Gasteiger charge is 2.18. The molecule has 0 aliphatic carbocycles. The standard InChI is InChI=1S/C15H15N3O7S2/c1-23-13(19)7-18-10-3-2-9(27(16,21)22)6-12(10)26-15(18)17-14(20)11-8-24-4-5-25-11/h2-3,6,8H,4-5,7H2,1H3,(H2,16,21,22). The van der Waals surface area contributed by atoms with Gasteiger partial charge in [-0.1, -0.05) is 11.3 Å². The molecule has 1 aliphatic rings. The highest BCUT2D eigenvalue weighted by Crippen LogP contribution is 2.21. The zero-order valence-corrected chi connectivity index (χ0v) is 15.7. The number of esters is 1. The molecule has 144 valence electrons. The average molecular weight is 413 g/mol. The number of nitrogens with zero attached hydrogens (tertiary/aromatic N) is 2. The van der Waals surface area contributed by atoms with Crippen LogP contribution in [0.25, 0.3) is 10.2 Å². The molecule has 0 saturated carbocycles. The summed E-state index contributed by atoms with van der Waals surface area (Å²) in [4.78, 5) is 28.1. The van der Waals surface area contributed by atoms with Crippen molar-refractivity contribution in [1.29, 1.82) is 0 Å². The molecule has 0 unspecified atom stereocenters. The lowest BCUT2D eigenvalue weighted by Crippen LogP contribution is -2.23. The van der Waals surface area contributed by atoms with Crippen LogP contribution in [-0.2, 0) is 40.4 Å². The van der Waals surface area contributed by atoms with Gasteiger partial charge in [-0.15, -0.1) is 0 Å². The number of thiazole rings is 1. The fourth-order valence-electron chi connectivity index (χ4n) is 2.28. The molecule has 1 aliphatic heterocycles. The maximum absolute atomic E-state index is 12.3. The number of fused-ring (bicyclic) bond motifs is 1. The van der Waals surface area contributed by atoms with Crippen molar-refractivity contribution >= 4 is 43.5 Å². The second kappa shape index (κ2) is 7.50. The molecule has 0 saturated heterocycles. The van der Waals surface area contributed by atoms with Gasteiger partial charge in [0.15, 0.2) is 4.80 Å². The van der Waals surface area contributed by atoms with Gasteiger partial charge in [-0.2, -0.15) is 4.99 Å². The van der Waals surface area contributed by atoms with E-state index in [-0.39, 0.29) is 28.6 Å². The minimum atomic E-state index is -3.90. The third-order valence-electron chi connectivity index (χ3n) is 3.55. The van der Waals surface area contributed by atoms with Crippen molar-refractivity contribution in [2.75, 3.05) is 20.3 Å². The van der Waals surface area contributed by atoms with Gasteiger partial charge in [0, 0.05) is 0 Å². The number of carbonyl (C=O) groups is 2. The van der Waals surface area contributed by atoms with Crippen LogP contribution in [0.2, 0.25) is 0 Å². The minimum absolute atomic E-state index is 0.0615. The first-order valence-electron chi connectivity index (χ1n) is 7.56. The summed E-state index contributed by atoms with van der Waals surface area (Å²) >= 11 is 1.02. The van der Waals surface area contributed by atoms with Gasteiger partial charge in [0.25, 0.3) is 0 Å². The fourth-order valence-corrected chi connectivity index (χ4v) is 3.97. The van der Waals surface area contributed by atoms with Crippen molar-refractivity contribution in [2.24, 2.45) is 10.1 Å². The molecular weight excluding hydrogens is 398 g/mol. The van der Waals surface area contributed by atoms with E-state index in [1.54, 1.807) is 0 Å². The van der Waals surface area contributed by atoms with E-state index in [1.165, 1.54) is 36.1 Å². The number of aromatic nitrogens is 1. The van der Waals surface area contributed by atoms with E-state index in [9.17, 15) is 18.0 Å². The molecule has 1 aromatic carbocycles. The number of nitrogens with two attached hydrogens (primary N) is 1. The largest absolute Gasteiger partial charge is 0.494 e. The number of primary sulfonamides is 1. The van der Waals surface area contributed by atoms with E-state index in [4.69, 9.17) is 14.6 Å². The first kappa shape index (κ1) is 19.1. The van der Waals surface area contributed by atoms with Crippen LogP contribution in [0.3, 0.4) is 0 Å². The third-order valence-corrected chi connectivity index (χ3v) is 5.51. The molecule has 0 spiro atoms. The van der Waals surface area contributed by atoms with Crippen LogP contribution in [0.15, 0.2) is 40.1 Å². The Morgan fingerprint density at radius 1 is 1.37 bits per heavy atom. The fraction of sp³-hybridized carbons (Fsp3) is 0.267. The van der Waals surface area contributed by atoms with Crippen LogP contribution in [0.5, 0.6) is 0 Å². The van der Waals surface area contributed by atoms with Gasteiger partial charge in [0.1, 0.15) is 26.0 Å². The van der Waals surface area contributed by atoms with Gasteiger partial charge < -0.3 is 18.8 Å². The number of hydrogen-bond donors (Lipinski definition) is 1. The predicted molar refractivity (Wildman–Crippen MR) is 93.8 cm³/mol. The van der Waals surface area contributed by atoms with Crippen molar-refractivity contribution in [1.82, 2.24) is 4.57 Å². The topological polar surface area (TPSA) is 139 Å². The number of benzene rings is 1. The Balaban J connectivity index is 2.15. The number of hydrogen-bond acceptors (Lipinski definition) is 8. The molecule has 0 atom stereocenters. The second-order valence-electron chi connectivity index (χ2n) is 5.34. The van der Waals surface area contributed by atoms with Gasteiger partial charge in [-0.3, -0.25) is 9.59 Å². The van der Waals surface area contributed by atoms with Crippen LogP contribution in [0.1, 0.15) is 0 Å². The van der Waals surface area contributed by atoms with Crippen LogP contribution < -0.4 is 9.94 Å². The van der Waals surface area contributed by atoms with Gasteiger partial charge in [-0.25, -0.2) is 13.6 Å². The van der Waals surface area contributed by atoms with E-state index in [0.717, 1.165) is 11.3 Å². The van der Waals surface area contributed by atoms with Crippen molar-refractivity contribution in [3.05, 3.63) is 35.0 Å². The Morgan fingerprint density at radius 3 is 2.78 bits per heavy atom. The molecule has 1 amide bonds. The zero-order valence-electron chi connectivity index (χ0n) is 14.1. The average Bonchev–Trinajstić information content (AvgIpc) is 2.98. The molecule has 10 nitrogen and oxygen atoms in total. The second-order valence-corrected chi connectivity index (χ2v) is 7.91. The number of sulfonamides is 1. The minimum Gasteiger partial charge on any atom is -0.494 e. The molecule has 27 heavy (non-hydrogen) atoms. The number of carbonyl (C=O) groups excluding carboxylic acids is 2. The molecule has 0 bridgehead atoms. The predicted octanol–water partition coefficient (Wildman–Crippen LogP) is -0.161. The van der Waals surface area contributed by atoms with Gasteiger partial charge in [0.2, 0.25) is 15.8 Å². The summed E-state index contributed by atoms with van der Waals surface area (Å²) in [5.74, 6) is -1.31. The van der Waals surface area contributed by atoms with E-state index in [0.29, 0.717) is 16.8 Å². The Hall–Kier alpha value is -2.70. The van der Waals surface area contributed by atoms with Crippen LogP contribution >= 0.6 is 11.3 Å². The Labute approximate surface area is 157 Å². The summed E-state index contributed by atoms with van der Waals surface area (Å²) in [5.41, 5.74) is 0.499. The van der Waals surface area contributed by atoms with Crippen LogP contribution in [0, 0.1) is 0 Å². The Kier molecular flexibility index (Phi) is 5.30. The molecule has 3 rings (SSSR count). The summed E-state index contributed by atoms with van der Waals surface area (Å²) in [6.07, 6.45) is 1.17. The van der Waals surface area contributed by atoms with E-state index >= 15 is 0 Å². The normalized spacial score (nSPS) is 15.0. The third kappa shape index (κ3) is 4.18. The number of methoxy groups -OCH3 is 1. The summed E-state index contributed by atoms with van der Waals surface area (Å²) in [7, 11) is -2.67. The first-order chi connectivity index (χ1) is 12.8. The quantitative estimate of drug-likeness (QED) is 0.687. The molecule has 2 aromatic rings. The summed E-state index contributed by atoms with van der Waals surface area (Å²) in [6, 6.07) is 4.15. The Bertz CT molecular complexity index is 1110. The zero-order chi connectivity index (χ0) is 19.6. The first-order valence-corrected chi connectivity index (χ1v) is 9.92. The molecule has 0 radical (unpaired) electrons. The summed E-state index contributed by atoms with van der Waals surface area (Å²) in [5, 5.41) is 5.15. The maximum Gasteiger partial charge on any atom is 0.325 e. The van der Waals surface area contributed by atoms with Crippen LogP contribution in [-0.4, -0.2) is 45.2 Å². The lowest BCUT2D eigenvalue weighted by molar-refractivity contribution is -0.141. The van der Waals surface area contributed by atoms with Crippen LogP contribution in [0.4, 0.5) is 0 Å².